The molecule has 6 heteroatoms. The third-order valence-corrected chi connectivity index (χ3v) is 8.29. The summed E-state index contributed by atoms with van der Waals surface area (Å²) < 4.78 is 0. The van der Waals surface area contributed by atoms with E-state index in [2.05, 4.69) is 94.4 Å². The normalized spacial score (nSPS) is 17.5. The van der Waals surface area contributed by atoms with Crippen LogP contribution in [0.2, 0.25) is 0 Å². The summed E-state index contributed by atoms with van der Waals surface area (Å²) in [7, 11) is 4.17. The molecule has 2 saturated heterocycles. The first kappa shape index (κ1) is 27.2. The number of aromatic nitrogens is 1. The van der Waals surface area contributed by atoms with Crippen molar-refractivity contribution in [3.8, 4) is 0 Å². The van der Waals surface area contributed by atoms with Gasteiger partial charge in [0.15, 0.2) is 0 Å². The van der Waals surface area contributed by atoms with Crippen LogP contribution < -0.4 is 9.80 Å². The first-order valence-corrected chi connectivity index (χ1v) is 14.6. The van der Waals surface area contributed by atoms with Crippen LogP contribution in [0.5, 0.6) is 0 Å². The van der Waals surface area contributed by atoms with Crippen LogP contribution in [-0.2, 0) is 12.8 Å². The van der Waals surface area contributed by atoms with Crippen LogP contribution in [0.25, 0.3) is 0 Å². The molecule has 2 fully saturated rings. The SMILES string of the molecule is CN(CCc1ccccc1)c1cc(C(=O)N2CCC[C@H]2CN2CCCC2)cc(N(C)CCc2ccccc2)n1. The van der Waals surface area contributed by atoms with Crippen molar-refractivity contribution in [1.29, 1.82) is 0 Å². The number of carbonyl (C=O) groups is 1. The first-order valence-electron chi connectivity index (χ1n) is 14.6. The van der Waals surface area contributed by atoms with Gasteiger partial charge in [0.1, 0.15) is 11.6 Å². The van der Waals surface area contributed by atoms with Crippen molar-refractivity contribution in [1.82, 2.24) is 14.8 Å². The van der Waals surface area contributed by atoms with E-state index < -0.39 is 0 Å². The lowest BCUT2D eigenvalue weighted by Gasteiger charge is -2.29. The van der Waals surface area contributed by atoms with Crippen LogP contribution in [0.1, 0.15) is 47.2 Å². The van der Waals surface area contributed by atoms with Crippen molar-refractivity contribution >= 4 is 17.5 Å². The van der Waals surface area contributed by atoms with Crippen LogP contribution in [0.15, 0.2) is 72.8 Å². The number of hydrogen-bond acceptors (Lipinski definition) is 5. The summed E-state index contributed by atoms with van der Waals surface area (Å²) in [5.41, 5.74) is 3.36. The number of likely N-dealkylation sites (tertiary alicyclic amines) is 2. The van der Waals surface area contributed by atoms with E-state index in [-0.39, 0.29) is 5.91 Å². The maximum Gasteiger partial charge on any atom is 0.254 e. The van der Waals surface area contributed by atoms with Gasteiger partial charge in [-0.3, -0.25) is 4.79 Å². The molecule has 5 rings (SSSR count). The van der Waals surface area contributed by atoms with Crippen LogP contribution in [-0.4, -0.2) is 80.1 Å². The van der Waals surface area contributed by atoms with Gasteiger partial charge in [0.25, 0.3) is 5.91 Å². The second-order valence-electron chi connectivity index (χ2n) is 11.2. The van der Waals surface area contributed by atoms with Crippen LogP contribution >= 0.6 is 0 Å². The minimum Gasteiger partial charge on any atom is -0.359 e. The topological polar surface area (TPSA) is 42.9 Å². The Morgan fingerprint density at radius 3 is 1.87 bits per heavy atom. The van der Waals surface area contributed by atoms with Gasteiger partial charge in [-0.2, -0.15) is 0 Å². The molecular weight excluding hydrogens is 482 g/mol. The highest BCUT2D eigenvalue weighted by Crippen LogP contribution is 2.26. The van der Waals surface area contributed by atoms with E-state index in [0.717, 1.165) is 69.1 Å². The number of anilines is 2. The number of carbonyl (C=O) groups excluding carboxylic acids is 1. The summed E-state index contributed by atoms with van der Waals surface area (Å²) in [6.07, 6.45) is 6.61. The lowest BCUT2D eigenvalue weighted by molar-refractivity contribution is 0.0708. The maximum atomic E-state index is 14.0. The standard InChI is InChI=1S/C33H43N5O/c1-35(22-17-27-12-5-3-6-13-27)31-24-29(25-32(34-31)36(2)23-18-28-14-7-4-8-15-28)33(39)38-21-11-16-30(38)26-37-19-9-10-20-37/h3-8,12-15,24-25,30H,9-11,16-23,26H2,1-2H3/t30-/m0/s1. The number of likely N-dealkylation sites (N-methyl/N-ethyl adjacent to an activating group) is 2. The predicted octanol–water partition coefficient (Wildman–Crippen LogP) is 5.14. The molecule has 2 aliphatic rings. The molecule has 3 heterocycles. The molecule has 0 saturated carbocycles. The van der Waals surface area contributed by atoms with Gasteiger partial charge >= 0.3 is 0 Å². The highest BCUT2D eigenvalue weighted by atomic mass is 16.2. The number of pyridine rings is 1. The largest absolute Gasteiger partial charge is 0.359 e. The average Bonchev–Trinajstić information content (AvgIpc) is 3.68. The Labute approximate surface area is 234 Å². The molecule has 2 aromatic carbocycles. The van der Waals surface area contributed by atoms with Crippen molar-refractivity contribution in [3.05, 3.63) is 89.5 Å². The lowest BCUT2D eigenvalue weighted by atomic mass is 10.1. The summed E-state index contributed by atoms with van der Waals surface area (Å²) in [6.45, 7) is 5.86. The molecule has 2 aliphatic heterocycles. The second kappa shape index (κ2) is 13.1. The lowest BCUT2D eigenvalue weighted by Crippen LogP contribution is -2.42. The van der Waals surface area contributed by atoms with Crippen LogP contribution in [0, 0.1) is 0 Å². The minimum atomic E-state index is 0.148. The Morgan fingerprint density at radius 1 is 0.795 bits per heavy atom. The number of nitrogens with zero attached hydrogens (tertiary/aromatic N) is 5. The van der Waals surface area contributed by atoms with Crippen LogP contribution in [0.3, 0.4) is 0 Å². The quantitative estimate of drug-likeness (QED) is 0.347. The van der Waals surface area contributed by atoms with Gasteiger partial charge in [0.05, 0.1) is 0 Å². The van der Waals surface area contributed by atoms with Crippen molar-refractivity contribution in [2.24, 2.45) is 0 Å². The van der Waals surface area contributed by atoms with Gasteiger partial charge in [-0.15, -0.1) is 0 Å². The molecule has 0 bridgehead atoms. The molecule has 206 valence electrons. The van der Waals surface area contributed by atoms with E-state index in [0.29, 0.717) is 6.04 Å². The fourth-order valence-corrected chi connectivity index (χ4v) is 5.85. The molecule has 6 nitrogen and oxygen atoms in total. The molecule has 39 heavy (non-hydrogen) atoms. The molecule has 1 atom stereocenters. The number of amides is 1. The van der Waals surface area contributed by atoms with Crippen LogP contribution in [0.4, 0.5) is 11.6 Å². The monoisotopic (exact) mass is 525 g/mol. The molecule has 0 aliphatic carbocycles. The fourth-order valence-electron chi connectivity index (χ4n) is 5.85. The van der Waals surface area contributed by atoms with E-state index >= 15 is 0 Å². The highest BCUT2D eigenvalue weighted by molar-refractivity contribution is 5.96. The van der Waals surface area contributed by atoms with E-state index in [1.165, 1.54) is 37.1 Å². The van der Waals surface area contributed by atoms with E-state index in [1.807, 2.05) is 12.1 Å². The first-order chi connectivity index (χ1) is 19.1. The summed E-state index contributed by atoms with van der Waals surface area (Å²) in [5, 5.41) is 0. The summed E-state index contributed by atoms with van der Waals surface area (Å²) in [4.78, 5) is 28.1. The molecule has 0 radical (unpaired) electrons. The van der Waals surface area contributed by atoms with E-state index in [1.54, 1.807) is 0 Å². The van der Waals surface area contributed by atoms with Crippen molar-refractivity contribution in [3.63, 3.8) is 0 Å². The Balaban J connectivity index is 1.35. The second-order valence-corrected chi connectivity index (χ2v) is 11.2. The molecule has 3 aromatic rings. The highest BCUT2D eigenvalue weighted by Gasteiger charge is 2.32. The third-order valence-electron chi connectivity index (χ3n) is 8.29. The predicted molar refractivity (Wildman–Crippen MR) is 161 cm³/mol. The van der Waals surface area contributed by atoms with Gasteiger partial charge in [0, 0.05) is 51.9 Å². The number of rotatable bonds is 11. The van der Waals surface area contributed by atoms with Gasteiger partial charge in [-0.1, -0.05) is 60.7 Å². The molecule has 0 unspecified atom stereocenters. The Hall–Kier alpha value is -3.38. The summed E-state index contributed by atoms with van der Waals surface area (Å²) in [6, 6.07) is 25.4. The Morgan fingerprint density at radius 2 is 1.33 bits per heavy atom. The third kappa shape index (κ3) is 7.18. The Bertz CT molecular complexity index is 1130. The number of hydrogen-bond donors (Lipinski definition) is 0. The van der Waals surface area contributed by atoms with Crippen molar-refractivity contribution in [2.75, 3.05) is 63.2 Å². The zero-order chi connectivity index (χ0) is 27.0. The maximum absolute atomic E-state index is 14.0. The smallest absolute Gasteiger partial charge is 0.254 e. The molecule has 0 spiro atoms. The molecular formula is C33H43N5O. The summed E-state index contributed by atoms with van der Waals surface area (Å²) >= 11 is 0. The minimum absolute atomic E-state index is 0.148. The van der Waals surface area contributed by atoms with Gasteiger partial charge in [-0.25, -0.2) is 4.98 Å². The van der Waals surface area contributed by atoms with Crippen molar-refractivity contribution in [2.45, 2.75) is 44.6 Å². The zero-order valence-electron chi connectivity index (χ0n) is 23.6. The molecule has 0 N–H and O–H groups in total. The van der Waals surface area contributed by atoms with E-state index in [4.69, 9.17) is 4.98 Å². The fraction of sp³-hybridized carbons (Fsp3) is 0.455. The van der Waals surface area contributed by atoms with E-state index in [9.17, 15) is 4.79 Å². The van der Waals surface area contributed by atoms with Gasteiger partial charge < -0.3 is 19.6 Å². The average molecular weight is 526 g/mol. The zero-order valence-corrected chi connectivity index (χ0v) is 23.6. The van der Waals surface area contributed by atoms with Crippen molar-refractivity contribution < 1.29 is 4.79 Å². The molecule has 1 amide bonds. The summed E-state index contributed by atoms with van der Waals surface area (Å²) in [5.74, 6) is 1.86. The van der Waals surface area contributed by atoms with Gasteiger partial charge in [0.2, 0.25) is 0 Å². The molecule has 1 aromatic heterocycles. The van der Waals surface area contributed by atoms with Gasteiger partial charge in [-0.05, 0) is 74.9 Å². The number of benzene rings is 2. The Kier molecular flexibility index (Phi) is 9.15.